The molecule has 3 heteroatoms. The standard InChI is InChI=1S/C10H18O2.Rb/c1-4-5-8(2)6-9(3)7-10(11)12;/h4-5,8-9H,6-7H2,1-3H3,(H,11,12);/q;+1/p-1/b5-4+;/t8-,9-;/m1./s1. The number of carbonyl (C=O) groups excluding carboxylic acids is 1. The molecule has 0 saturated heterocycles. The summed E-state index contributed by atoms with van der Waals surface area (Å²) in [5, 5.41) is 10.2. The van der Waals surface area contributed by atoms with Crippen LogP contribution in [0.1, 0.15) is 33.6 Å². The van der Waals surface area contributed by atoms with Crippen LogP contribution in [0.25, 0.3) is 0 Å². The summed E-state index contributed by atoms with van der Waals surface area (Å²) in [6.07, 6.45) is 5.17. The maximum atomic E-state index is 10.2. The van der Waals surface area contributed by atoms with Gasteiger partial charge in [-0.25, -0.2) is 0 Å². The van der Waals surface area contributed by atoms with Gasteiger partial charge in [-0.05, 0) is 31.6 Å². The zero-order valence-electron chi connectivity index (χ0n) is 9.04. The van der Waals surface area contributed by atoms with Crippen molar-refractivity contribution in [2.24, 2.45) is 11.8 Å². The van der Waals surface area contributed by atoms with E-state index in [0.717, 1.165) is 6.42 Å². The van der Waals surface area contributed by atoms with Gasteiger partial charge in [0.1, 0.15) is 0 Å². The molecule has 0 rings (SSSR count). The van der Waals surface area contributed by atoms with Gasteiger partial charge < -0.3 is 9.90 Å². The zero-order chi connectivity index (χ0) is 9.56. The summed E-state index contributed by atoms with van der Waals surface area (Å²) in [7, 11) is 0. The van der Waals surface area contributed by atoms with E-state index in [4.69, 9.17) is 0 Å². The quantitative estimate of drug-likeness (QED) is 0.553. The topological polar surface area (TPSA) is 40.1 Å². The van der Waals surface area contributed by atoms with Crippen LogP contribution in [-0.2, 0) is 4.79 Å². The van der Waals surface area contributed by atoms with E-state index in [2.05, 4.69) is 13.0 Å². The van der Waals surface area contributed by atoms with Crippen molar-refractivity contribution in [3.05, 3.63) is 12.2 Å². The number of carboxylic acids is 1. The summed E-state index contributed by atoms with van der Waals surface area (Å²) < 4.78 is 0. The fourth-order valence-corrected chi connectivity index (χ4v) is 1.41. The van der Waals surface area contributed by atoms with E-state index in [0.29, 0.717) is 5.92 Å². The molecule has 0 bridgehead atoms. The van der Waals surface area contributed by atoms with Gasteiger partial charge in [0.25, 0.3) is 0 Å². The van der Waals surface area contributed by atoms with Crippen molar-refractivity contribution in [1.82, 2.24) is 0 Å². The minimum Gasteiger partial charge on any atom is -0.550 e. The maximum Gasteiger partial charge on any atom is 1.00 e. The van der Waals surface area contributed by atoms with E-state index < -0.39 is 5.97 Å². The Hall–Kier alpha value is 1.02. The van der Waals surface area contributed by atoms with Crippen LogP contribution in [0.2, 0.25) is 0 Å². The van der Waals surface area contributed by atoms with Crippen LogP contribution in [0.3, 0.4) is 0 Å². The van der Waals surface area contributed by atoms with Crippen LogP contribution in [0.5, 0.6) is 0 Å². The molecule has 13 heavy (non-hydrogen) atoms. The molecule has 0 aliphatic rings. The molecule has 0 N–H and O–H groups in total. The third-order valence-corrected chi connectivity index (χ3v) is 1.81. The summed E-state index contributed by atoms with van der Waals surface area (Å²) in [5.41, 5.74) is 0. The molecule has 2 atom stereocenters. The predicted molar refractivity (Wildman–Crippen MR) is 47.4 cm³/mol. The molecule has 0 radical (unpaired) electrons. The molecule has 0 amide bonds. The van der Waals surface area contributed by atoms with Crippen molar-refractivity contribution in [3.63, 3.8) is 0 Å². The third-order valence-electron chi connectivity index (χ3n) is 1.81. The number of carboxylic acid groups (broad SMARTS) is 1. The largest absolute Gasteiger partial charge is 1.00 e. The van der Waals surface area contributed by atoms with Crippen LogP contribution in [-0.4, -0.2) is 5.97 Å². The number of allylic oxidation sites excluding steroid dienone is 2. The molecule has 0 aliphatic carbocycles. The molecule has 0 heterocycles. The summed E-state index contributed by atoms with van der Waals surface area (Å²) >= 11 is 0. The summed E-state index contributed by atoms with van der Waals surface area (Å²) in [6, 6.07) is 0. The molecule has 0 saturated carbocycles. The van der Waals surface area contributed by atoms with E-state index in [1.807, 2.05) is 19.9 Å². The first kappa shape index (κ1) is 16.4. The third kappa shape index (κ3) is 10.9. The van der Waals surface area contributed by atoms with E-state index >= 15 is 0 Å². The van der Waals surface area contributed by atoms with Gasteiger partial charge in [-0.2, -0.15) is 0 Å². The Balaban J connectivity index is 0. The Labute approximate surface area is 130 Å². The van der Waals surface area contributed by atoms with Gasteiger partial charge in [-0.3, -0.25) is 0 Å². The molecular weight excluding hydrogens is 238 g/mol. The first-order chi connectivity index (χ1) is 5.56. The van der Waals surface area contributed by atoms with Gasteiger partial charge in [0.2, 0.25) is 0 Å². The normalized spacial score (nSPS) is 15.0. The van der Waals surface area contributed by atoms with Crippen LogP contribution < -0.4 is 63.3 Å². The van der Waals surface area contributed by atoms with E-state index in [9.17, 15) is 9.90 Å². The Kier molecular flexibility index (Phi) is 12.1. The van der Waals surface area contributed by atoms with Gasteiger partial charge in [-0.1, -0.05) is 26.0 Å². The van der Waals surface area contributed by atoms with Gasteiger partial charge in [0, 0.05) is 5.97 Å². The molecule has 0 aromatic heterocycles. The minimum absolute atomic E-state index is 0. The van der Waals surface area contributed by atoms with Gasteiger partial charge in [-0.15, -0.1) is 0 Å². The van der Waals surface area contributed by atoms with E-state index in [1.54, 1.807) is 0 Å². The molecule has 0 aliphatic heterocycles. The first-order valence-corrected chi connectivity index (χ1v) is 4.39. The van der Waals surface area contributed by atoms with Gasteiger partial charge >= 0.3 is 58.2 Å². The average molecular weight is 255 g/mol. The second-order valence-electron chi connectivity index (χ2n) is 3.42. The van der Waals surface area contributed by atoms with Crippen molar-refractivity contribution in [3.8, 4) is 0 Å². The van der Waals surface area contributed by atoms with Crippen molar-refractivity contribution in [1.29, 1.82) is 0 Å². The average Bonchev–Trinajstić information content (AvgIpc) is 1.84. The fraction of sp³-hybridized carbons (Fsp3) is 0.700. The molecule has 0 fully saturated rings. The Morgan fingerprint density at radius 3 is 2.38 bits per heavy atom. The Morgan fingerprint density at radius 2 is 2.00 bits per heavy atom. The van der Waals surface area contributed by atoms with E-state index in [1.165, 1.54) is 0 Å². The number of rotatable bonds is 5. The number of aliphatic carboxylic acids is 1. The van der Waals surface area contributed by atoms with Gasteiger partial charge in [0.05, 0.1) is 0 Å². The fourth-order valence-electron chi connectivity index (χ4n) is 1.41. The molecule has 0 unspecified atom stereocenters. The van der Waals surface area contributed by atoms with Crippen molar-refractivity contribution in [2.75, 3.05) is 0 Å². The predicted octanol–water partition coefficient (Wildman–Crippen LogP) is -1.63. The zero-order valence-corrected chi connectivity index (χ0v) is 14.0. The second kappa shape index (κ2) is 9.57. The van der Waals surface area contributed by atoms with Crippen LogP contribution in [0, 0.1) is 11.8 Å². The van der Waals surface area contributed by atoms with Crippen molar-refractivity contribution >= 4 is 5.97 Å². The Morgan fingerprint density at radius 1 is 1.46 bits per heavy atom. The monoisotopic (exact) mass is 254 g/mol. The van der Waals surface area contributed by atoms with Crippen molar-refractivity contribution < 1.29 is 68.1 Å². The second-order valence-corrected chi connectivity index (χ2v) is 3.42. The molecule has 0 aromatic rings. The molecule has 0 aromatic carbocycles. The minimum atomic E-state index is -0.949. The summed E-state index contributed by atoms with van der Waals surface area (Å²) in [5.74, 6) is -0.277. The number of carbonyl (C=O) groups is 1. The maximum absolute atomic E-state index is 10.2. The molecular formula is C10H17O2Rb. The van der Waals surface area contributed by atoms with Crippen LogP contribution in [0.4, 0.5) is 0 Å². The van der Waals surface area contributed by atoms with Crippen LogP contribution in [0.15, 0.2) is 12.2 Å². The SMILES string of the molecule is C/C=C/[C@@H](C)C[C@@H](C)CC(=O)[O-].[Rb+]. The Bertz CT molecular complexity index is 166. The first-order valence-electron chi connectivity index (χ1n) is 4.39. The number of hydrogen-bond acceptors (Lipinski definition) is 2. The molecule has 2 nitrogen and oxygen atoms in total. The smallest absolute Gasteiger partial charge is 0.550 e. The summed E-state index contributed by atoms with van der Waals surface area (Å²) in [4.78, 5) is 10.2. The van der Waals surface area contributed by atoms with Crippen LogP contribution >= 0.6 is 0 Å². The number of hydrogen-bond donors (Lipinski definition) is 0. The van der Waals surface area contributed by atoms with E-state index in [-0.39, 0.29) is 70.5 Å². The van der Waals surface area contributed by atoms with Crippen molar-refractivity contribution in [2.45, 2.75) is 33.6 Å². The summed E-state index contributed by atoms with van der Waals surface area (Å²) in [6.45, 7) is 6.00. The van der Waals surface area contributed by atoms with Gasteiger partial charge in [0.15, 0.2) is 0 Å². The molecule has 0 spiro atoms. The molecule has 70 valence electrons.